The molecule has 5 nitrogen and oxygen atoms in total. The first-order chi connectivity index (χ1) is 11.8. The summed E-state index contributed by atoms with van der Waals surface area (Å²) in [5.41, 5.74) is 4.03. The fourth-order valence-electron chi connectivity index (χ4n) is 2.34. The van der Waals surface area contributed by atoms with Crippen LogP contribution in [0.2, 0.25) is 0 Å². The van der Waals surface area contributed by atoms with Crippen LogP contribution in [0.1, 0.15) is 10.4 Å². The van der Waals surface area contributed by atoms with Gasteiger partial charge in [0.05, 0.1) is 24.4 Å². The number of thiocarbonyl (C=S) groups is 1. The van der Waals surface area contributed by atoms with Crippen molar-refractivity contribution in [2.24, 2.45) is 5.10 Å². The topological polar surface area (TPSA) is 48.9 Å². The van der Waals surface area contributed by atoms with Crippen molar-refractivity contribution >= 4 is 39.9 Å². The zero-order valence-electron chi connectivity index (χ0n) is 13.3. The molecule has 2 aromatic rings. The Morgan fingerprint density at radius 2 is 2.00 bits per heavy atom. The summed E-state index contributed by atoms with van der Waals surface area (Å²) in [6.45, 7) is 4.17. The zero-order valence-corrected chi connectivity index (χ0v) is 14.9. The summed E-state index contributed by atoms with van der Waals surface area (Å²) < 4.78 is 5.38. The average molecular weight is 361 g/mol. The van der Waals surface area contributed by atoms with Crippen molar-refractivity contribution in [3.05, 3.63) is 52.9 Å². The number of anilines is 1. The fourth-order valence-corrected chi connectivity index (χ4v) is 3.39. The lowest BCUT2D eigenvalue weighted by Gasteiger charge is -2.27. The Kier molecular flexibility index (Phi) is 6.17. The summed E-state index contributed by atoms with van der Waals surface area (Å²) in [6, 6.07) is 14.3. The summed E-state index contributed by atoms with van der Waals surface area (Å²) in [7, 11) is 0. The molecule has 3 rings (SSSR count). The van der Waals surface area contributed by atoms with Gasteiger partial charge in [0, 0.05) is 24.5 Å². The largest absolute Gasteiger partial charge is 0.378 e. The number of morpholine rings is 1. The Hall–Kier alpha value is -1.96. The third kappa shape index (κ3) is 5.02. The van der Waals surface area contributed by atoms with Gasteiger partial charge in [0.1, 0.15) is 0 Å². The van der Waals surface area contributed by atoms with Crippen LogP contribution in [0.4, 0.5) is 5.00 Å². The number of nitrogens with zero attached hydrogens (tertiary/aromatic N) is 2. The van der Waals surface area contributed by atoms with Crippen molar-refractivity contribution in [1.82, 2.24) is 10.7 Å². The van der Waals surface area contributed by atoms with Crippen LogP contribution in [0.15, 0.2) is 47.6 Å². The number of hydrogen-bond donors (Lipinski definition) is 2. The molecule has 0 spiro atoms. The predicted octanol–water partition coefficient (Wildman–Crippen LogP) is 2.58. The highest BCUT2D eigenvalue weighted by Crippen LogP contribution is 2.25. The van der Waals surface area contributed by atoms with E-state index in [1.54, 1.807) is 17.6 Å². The molecular formula is C17H20N4OS2. The first kappa shape index (κ1) is 16.9. The van der Waals surface area contributed by atoms with E-state index >= 15 is 0 Å². The van der Waals surface area contributed by atoms with Crippen molar-refractivity contribution in [1.29, 1.82) is 0 Å². The summed E-state index contributed by atoms with van der Waals surface area (Å²) in [4.78, 5) is 3.43. The van der Waals surface area contributed by atoms with Crippen LogP contribution >= 0.6 is 23.6 Å². The average Bonchev–Trinajstić information content (AvgIpc) is 3.11. The Morgan fingerprint density at radius 3 is 2.79 bits per heavy atom. The minimum absolute atomic E-state index is 0.514. The van der Waals surface area contributed by atoms with E-state index in [0.717, 1.165) is 31.2 Å². The van der Waals surface area contributed by atoms with Gasteiger partial charge in [-0.05, 0) is 29.9 Å². The molecular weight excluding hydrogens is 340 g/mol. The molecule has 0 amide bonds. The lowest BCUT2D eigenvalue weighted by molar-refractivity contribution is 0.123. The molecule has 0 unspecified atom stereocenters. The van der Waals surface area contributed by atoms with E-state index in [1.807, 2.05) is 18.2 Å². The minimum atomic E-state index is 0.514. The van der Waals surface area contributed by atoms with Gasteiger partial charge in [-0.2, -0.15) is 5.10 Å². The van der Waals surface area contributed by atoms with E-state index in [9.17, 15) is 0 Å². The molecule has 0 atom stereocenters. The maximum Gasteiger partial charge on any atom is 0.187 e. The van der Waals surface area contributed by atoms with Gasteiger partial charge in [0.2, 0.25) is 0 Å². The van der Waals surface area contributed by atoms with Crippen molar-refractivity contribution in [2.45, 2.75) is 6.54 Å². The Labute approximate surface area is 151 Å². The van der Waals surface area contributed by atoms with Gasteiger partial charge in [-0.3, -0.25) is 5.43 Å². The maximum absolute atomic E-state index is 5.38. The molecule has 1 fully saturated rings. The molecule has 126 valence electrons. The van der Waals surface area contributed by atoms with Crippen LogP contribution in [-0.4, -0.2) is 37.6 Å². The molecule has 0 saturated carbocycles. The quantitative estimate of drug-likeness (QED) is 0.488. The van der Waals surface area contributed by atoms with Gasteiger partial charge < -0.3 is 15.0 Å². The Balaban J connectivity index is 1.44. The number of thiophene rings is 1. The van der Waals surface area contributed by atoms with Crippen molar-refractivity contribution in [3.63, 3.8) is 0 Å². The lowest BCUT2D eigenvalue weighted by atomic mass is 10.2. The van der Waals surface area contributed by atoms with Gasteiger partial charge in [-0.1, -0.05) is 30.3 Å². The Bertz CT molecular complexity index is 681. The number of nitrogens with one attached hydrogen (secondary N) is 2. The molecule has 1 aromatic heterocycles. The second kappa shape index (κ2) is 8.77. The Morgan fingerprint density at radius 1 is 1.21 bits per heavy atom. The maximum atomic E-state index is 5.38. The molecule has 2 N–H and O–H groups in total. The SMILES string of the molecule is S=C(NCc1ccccc1)N/N=C/c1ccc(N2CCOCC2)s1. The van der Waals surface area contributed by atoms with E-state index in [1.165, 1.54) is 10.6 Å². The number of benzene rings is 1. The first-order valence-corrected chi connectivity index (χ1v) is 9.07. The van der Waals surface area contributed by atoms with Crippen LogP contribution < -0.4 is 15.6 Å². The highest BCUT2D eigenvalue weighted by Gasteiger charge is 2.12. The van der Waals surface area contributed by atoms with E-state index < -0.39 is 0 Å². The number of rotatable bonds is 5. The molecule has 1 aliphatic rings. The van der Waals surface area contributed by atoms with Crippen LogP contribution in [-0.2, 0) is 11.3 Å². The molecule has 0 bridgehead atoms. The molecule has 24 heavy (non-hydrogen) atoms. The van der Waals surface area contributed by atoms with E-state index in [4.69, 9.17) is 17.0 Å². The summed E-state index contributed by atoms with van der Waals surface area (Å²) >= 11 is 6.94. The first-order valence-electron chi connectivity index (χ1n) is 7.84. The lowest BCUT2D eigenvalue weighted by Crippen LogP contribution is -2.35. The molecule has 7 heteroatoms. The normalized spacial score (nSPS) is 14.8. The summed E-state index contributed by atoms with van der Waals surface area (Å²) in [5, 5.41) is 9.10. The number of hydrogen-bond acceptors (Lipinski definition) is 5. The summed E-state index contributed by atoms with van der Waals surface area (Å²) in [6.07, 6.45) is 1.80. The van der Waals surface area contributed by atoms with Crippen LogP contribution in [0.3, 0.4) is 0 Å². The van der Waals surface area contributed by atoms with Gasteiger partial charge in [0.15, 0.2) is 5.11 Å². The zero-order chi connectivity index (χ0) is 16.6. The minimum Gasteiger partial charge on any atom is -0.378 e. The fraction of sp³-hybridized carbons (Fsp3) is 0.294. The van der Waals surface area contributed by atoms with Crippen LogP contribution in [0.25, 0.3) is 0 Å². The second-order valence-corrected chi connectivity index (χ2v) is 6.82. The monoisotopic (exact) mass is 360 g/mol. The highest BCUT2D eigenvalue weighted by molar-refractivity contribution is 7.80. The molecule has 0 aliphatic carbocycles. The van der Waals surface area contributed by atoms with Crippen molar-refractivity contribution in [2.75, 3.05) is 31.2 Å². The summed E-state index contributed by atoms with van der Waals surface area (Å²) in [5.74, 6) is 0. The van der Waals surface area contributed by atoms with Gasteiger partial charge in [0.25, 0.3) is 0 Å². The highest BCUT2D eigenvalue weighted by atomic mass is 32.1. The number of ether oxygens (including phenoxy) is 1. The third-order valence-electron chi connectivity index (χ3n) is 3.59. The second-order valence-electron chi connectivity index (χ2n) is 5.31. The predicted molar refractivity (Wildman–Crippen MR) is 104 cm³/mol. The van der Waals surface area contributed by atoms with E-state index in [-0.39, 0.29) is 0 Å². The van der Waals surface area contributed by atoms with Crippen LogP contribution in [0, 0.1) is 0 Å². The van der Waals surface area contributed by atoms with Gasteiger partial charge in [-0.15, -0.1) is 11.3 Å². The van der Waals surface area contributed by atoms with Crippen LogP contribution in [0.5, 0.6) is 0 Å². The van der Waals surface area contributed by atoms with E-state index in [2.05, 4.69) is 45.0 Å². The van der Waals surface area contributed by atoms with E-state index in [0.29, 0.717) is 11.7 Å². The third-order valence-corrected chi connectivity index (χ3v) is 4.91. The molecule has 1 aliphatic heterocycles. The number of hydrazone groups is 1. The van der Waals surface area contributed by atoms with Gasteiger partial charge >= 0.3 is 0 Å². The van der Waals surface area contributed by atoms with Crippen molar-refractivity contribution < 1.29 is 4.74 Å². The smallest absolute Gasteiger partial charge is 0.187 e. The standard InChI is InChI=1S/C17H20N4OS2/c23-17(18-12-14-4-2-1-3-5-14)20-19-13-15-6-7-16(24-15)21-8-10-22-11-9-21/h1-7,13H,8-12H2,(H2,18,20,23)/b19-13+. The van der Waals surface area contributed by atoms with Gasteiger partial charge in [-0.25, -0.2) is 0 Å². The molecule has 0 radical (unpaired) electrons. The molecule has 1 saturated heterocycles. The molecule has 1 aromatic carbocycles. The molecule has 2 heterocycles. The van der Waals surface area contributed by atoms with Crippen molar-refractivity contribution in [3.8, 4) is 0 Å².